The SMILES string of the molecule is Fc1cccc(CCNCC2CCCCC2)c1. The molecule has 0 aliphatic heterocycles. The van der Waals surface area contributed by atoms with Gasteiger partial charge in [-0.15, -0.1) is 0 Å². The summed E-state index contributed by atoms with van der Waals surface area (Å²) in [5.74, 6) is 0.742. The second-order valence-electron chi connectivity index (χ2n) is 5.09. The quantitative estimate of drug-likeness (QED) is 0.770. The molecule has 0 unspecified atom stereocenters. The molecule has 1 aliphatic rings. The van der Waals surface area contributed by atoms with Gasteiger partial charge in [-0.05, 0) is 56.0 Å². The van der Waals surface area contributed by atoms with E-state index in [1.807, 2.05) is 6.07 Å². The highest BCUT2D eigenvalue weighted by molar-refractivity contribution is 5.16. The summed E-state index contributed by atoms with van der Waals surface area (Å²) < 4.78 is 12.9. The Hall–Kier alpha value is -0.890. The van der Waals surface area contributed by atoms with Gasteiger partial charge in [-0.25, -0.2) is 4.39 Å². The van der Waals surface area contributed by atoms with E-state index >= 15 is 0 Å². The van der Waals surface area contributed by atoms with Crippen molar-refractivity contribution in [3.63, 3.8) is 0 Å². The molecule has 1 aromatic carbocycles. The zero-order chi connectivity index (χ0) is 11.9. The average Bonchev–Trinajstić information content (AvgIpc) is 2.36. The average molecular weight is 235 g/mol. The lowest BCUT2D eigenvalue weighted by molar-refractivity contribution is 0.343. The number of halogens is 1. The molecule has 0 aromatic heterocycles. The van der Waals surface area contributed by atoms with Gasteiger partial charge < -0.3 is 5.32 Å². The van der Waals surface area contributed by atoms with E-state index in [4.69, 9.17) is 0 Å². The van der Waals surface area contributed by atoms with Crippen LogP contribution in [0.3, 0.4) is 0 Å². The molecule has 2 rings (SSSR count). The molecule has 1 fully saturated rings. The fourth-order valence-electron chi connectivity index (χ4n) is 2.62. The standard InChI is InChI=1S/C15H22FN/c16-15-8-4-7-13(11-15)9-10-17-12-14-5-2-1-3-6-14/h4,7-8,11,14,17H,1-3,5-6,9-10,12H2. The molecule has 17 heavy (non-hydrogen) atoms. The van der Waals surface area contributed by atoms with Crippen LogP contribution in [0.1, 0.15) is 37.7 Å². The maximum absolute atomic E-state index is 12.9. The van der Waals surface area contributed by atoms with Gasteiger partial charge in [-0.3, -0.25) is 0 Å². The summed E-state index contributed by atoms with van der Waals surface area (Å²) in [6.07, 6.45) is 7.90. The maximum Gasteiger partial charge on any atom is 0.123 e. The van der Waals surface area contributed by atoms with E-state index in [0.717, 1.165) is 31.0 Å². The third-order valence-electron chi connectivity index (χ3n) is 3.64. The predicted molar refractivity (Wildman–Crippen MR) is 69.5 cm³/mol. The fourth-order valence-corrected chi connectivity index (χ4v) is 2.62. The molecule has 0 heterocycles. The molecule has 0 spiro atoms. The van der Waals surface area contributed by atoms with Gasteiger partial charge >= 0.3 is 0 Å². The van der Waals surface area contributed by atoms with Crippen molar-refractivity contribution in [1.82, 2.24) is 5.32 Å². The molecule has 1 aliphatic carbocycles. The molecule has 1 saturated carbocycles. The monoisotopic (exact) mass is 235 g/mol. The minimum Gasteiger partial charge on any atom is -0.316 e. The molecule has 0 bridgehead atoms. The Morgan fingerprint density at radius 3 is 2.76 bits per heavy atom. The van der Waals surface area contributed by atoms with E-state index in [-0.39, 0.29) is 5.82 Å². The molecule has 1 N–H and O–H groups in total. The van der Waals surface area contributed by atoms with Crippen LogP contribution in [0.5, 0.6) is 0 Å². The van der Waals surface area contributed by atoms with Gasteiger partial charge in [0.25, 0.3) is 0 Å². The number of benzene rings is 1. The Kier molecular flexibility index (Phi) is 4.99. The first-order chi connectivity index (χ1) is 8.34. The van der Waals surface area contributed by atoms with Crippen molar-refractivity contribution in [3.8, 4) is 0 Å². The third-order valence-corrected chi connectivity index (χ3v) is 3.64. The van der Waals surface area contributed by atoms with E-state index in [1.165, 1.54) is 38.2 Å². The van der Waals surface area contributed by atoms with Crippen LogP contribution in [-0.2, 0) is 6.42 Å². The van der Waals surface area contributed by atoms with Crippen molar-refractivity contribution in [2.45, 2.75) is 38.5 Å². The van der Waals surface area contributed by atoms with Gasteiger partial charge in [0.15, 0.2) is 0 Å². The first-order valence-electron chi connectivity index (χ1n) is 6.80. The van der Waals surface area contributed by atoms with Gasteiger partial charge in [-0.2, -0.15) is 0 Å². The number of rotatable bonds is 5. The van der Waals surface area contributed by atoms with Crippen molar-refractivity contribution in [2.24, 2.45) is 5.92 Å². The Morgan fingerprint density at radius 1 is 1.18 bits per heavy atom. The highest BCUT2D eigenvalue weighted by Crippen LogP contribution is 2.22. The zero-order valence-corrected chi connectivity index (χ0v) is 10.4. The maximum atomic E-state index is 12.9. The Labute approximate surface area is 103 Å². The predicted octanol–water partition coefficient (Wildman–Crippen LogP) is 3.54. The Bertz CT molecular complexity index is 331. The highest BCUT2D eigenvalue weighted by Gasteiger charge is 2.12. The lowest BCUT2D eigenvalue weighted by atomic mass is 9.89. The molecule has 2 heteroatoms. The topological polar surface area (TPSA) is 12.0 Å². The van der Waals surface area contributed by atoms with Crippen LogP contribution >= 0.6 is 0 Å². The largest absolute Gasteiger partial charge is 0.316 e. The van der Waals surface area contributed by atoms with Crippen LogP contribution in [0.15, 0.2) is 24.3 Å². The summed E-state index contributed by atoms with van der Waals surface area (Å²) in [6.45, 7) is 2.09. The van der Waals surface area contributed by atoms with E-state index in [1.54, 1.807) is 12.1 Å². The molecular weight excluding hydrogens is 213 g/mol. The van der Waals surface area contributed by atoms with Gasteiger partial charge in [0.2, 0.25) is 0 Å². The van der Waals surface area contributed by atoms with E-state index in [9.17, 15) is 4.39 Å². The second kappa shape index (κ2) is 6.75. The molecule has 0 atom stereocenters. The highest BCUT2D eigenvalue weighted by atomic mass is 19.1. The molecule has 1 nitrogen and oxygen atoms in total. The summed E-state index contributed by atoms with van der Waals surface area (Å²) >= 11 is 0. The number of hydrogen-bond acceptors (Lipinski definition) is 1. The minimum absolute atomic E-state index is 0.130. The summed E-state index contributed by atoms with van der Waals surface area (Å²) in [6, 6.07) is 6.90. The minimum atomic E-state index is -0.130. The van der Waals surface area contributed by atoms with E-state index in [0.29, 0.717) is 0 Å². The van der Waals surface area contributed by atoms with E-state index in [2.05, 4.69) is 5.32 Å². The van der Waals surface area contributed by atoms with Gasteiger partial charge in [0.1, 0.15) is 5.82 Å². The van der Waals surface area contributed by atoms with Gasteiger partial charge in [0, 0.05) is 0 Å². The van der Waals surface area contributed by atoms with Crippen molar-refractivity contribution < 1.29 is 4.39 Å². The van der Waals surface area contributed by atoms with Crippen molar-refractivity contribution in [2.75, 3.05) is 13.1 Å². The lowest BCUT2D eigenvalue weighted by Gasteiger charge is -2.21. The van der Waals surface area contributed by atoms with E-state index < -0.39 is 0 Å². The van der Waals surface area contributed by atoms with Crippen LogP contribution in [0.4, 0.5) is 4.39 Å². The number of hydrogen-bond donors (Lipinski definition) is 1. The first kappa shape index (κ1) is 12.6. The zero-order valence-electron chi connectivity index (χ0n) is 10.4. The van der Waals surface area contributed by atoms with Gasteiger partial charge in [0.05, 0.1) is 0 Å². The molecule has 1 aromatic rings. The van der Waals surface area contributed by atoms with Crippen LogP contribution in [0, 0.1) is 11.7 Å². The third kappa shape index (κ3) is 4.47. The first-order valence-corrected chi connectivity index (χ1v) is 6.80. The van der Waals surface area contributed by atoms with Crippen LogP contribution in [0.25, 0.3) is 0 Å². The van der Waals surface area contributed by atoms with Crippen molar-refractivity contribution in [3.05, 3.63) is 35.6 Å². The normalized spacial score (nSPS) is 17.2. The van der Waals surface area contributed by atoms with Crippen LogP contribution in [0.2, 0.25) is 0 Å². The fraction of sp³-hybridized carbons (Fsp3) is 0.600. The Morgan fingerprint density at radius 2 is 2.00 bits per heavy atom. The van der Waals surface area contributed by atoms with Gasteiger partial charge in [-0.1, -0.05) is 31.4 Å². The summed E-state index contributed by atoms with van der Waals surface area (Å²) in [5.41, 5.74) is 1.08. The molecular formula is C15H22FN. The van der Waals surface area contributed by atoms with Crippen molar-refractivity contribution >= 4 is 0 Å². The molecule has 0 amide bonds. The second-order valence-corrected chi connectivity index (χ2v) is 5.09. The number of nitrogens with one attached hydrogen (secondary N) is 1. The smallest absolute Gasteiger partial charge is 0.123 e. The Balaban J connectivity index is 1.62. The summed E-state index contributed by atoms with van der Waals surface area (Å²) in [7, 11) is 0. The summed E-state index contributed by atoms with van der Waals surface area (Å²) in [4.78, 5) is 0. The molecule has 0 saturated heterocycles. The molecule has 94 valence electrons. The lowest BCUT2D eigenvalue weighted by Crippen LogP contribution is -2.26. The van der Waals surface area contributed by atoms with Crippen molar-refractivity contribution in [1.29, 1.82) is 0 Å². The van der Waals surface area contributed by atoms with Crippen LogP contribution in [-0.4, -0.2) is 13.1 Å². The molecule has 0 radical (unpaired) electrons. The van der Waals surface area contributed by atoms with Crippen LogP contribution < -0.4 is 5.32 Å². The summed E-state index contributed by atoms with van der Waals surface area (Å²) in [5, 5.41) is 3.50.